The van der Waals surface area contributed by atoms with Crippen molar-refractivity contribution in [2.45, 2.75) is 0 Å². The molecule has 0 amide bonds. The molecule has 12 heavy (non-hydrogen) atoms. The van der Waals surface area contributed by atoms with Gasteiger partial charge in [-0.2, -0.15) is 5.26 Å². The molecule has 3 nitrogen and oxygen atoms in total. The highest BCUT2D eigenvalue weighted by Gasteiger charge is 2.09. The van der Waals surface area contributed by atoms with Gasteiger partial charge in [-0.15, -0.1) is 0 Å². The maximum atomic E-state index is 10.7. The van der Waals surface area contributed by atoms with E-state index in [1.807, 2.05) is 0 Å². The summed E-state index contributed by atoms with van der Waals surface area (Å²) < 4.78 is 0. The summed E-state index contributed by atoms with van der Waals surface area (Å²) in [5, 5.41) is 7.94. The summed E-state index contributed by atoms with van der Waals surface area (Å²) in [7, 11) is 0. The monoisotopic (exact) mass is 200 g/mol. The summed E-state index contributed by atoms with van der Waals surface area (Å²) in [5.41, 5.74) is 0.207. The van der Waals surface area contributed by atoms with Gasteiger partial charge in [-0.05, 0) is 17.7 Å². The smallest absolute Gasteiger partial charge is 0.253 e. The van der Waals surface area contributed by atoms with Crippen molar-refractivity contribution in [1.82, 2.24) is 4.98 Å². The second kappa shape index (κ2) is 3.53. The van der Waals surface area contributed by atoms with Crippen LogP contribution in [0.1, 0.15) is 15.9 Å². The average molecular weight is 201 g/mol. The minimum Gasteiger partial charge on any atom is -0.276 e. The van der Waals surface area contributed by atoms with Crippen LogP contribution in [-0.2, 0) is 0 Å². The quantitative estimate of drug-likeness (QED) is 0.515. The van der Waals surface area contributed by atoms with Crippen molar-refractivity contribution in [3.8, 4) is 6.07 Å². The SMILES string of the molecule is N#Cc1cnc(Cl)cc1C(=O)Cl. The maximum Gasteiger partial charge on any atom is 0.253 e. The lowest BCUT2D eigenvalue weighted by molar-refractivity contribution is 0.108. The van der Waals surface area contributed by atoms with E-state index in [0.717, 1.165) is 0 Å². The summed E-state index contributed by atoms with van der Waals surface area (Å²) in [5.74, 6) is 0. The third-order valence-electron chi connectivity index (χ3n) is 1.20. The van der Waals surface area contributed by atoms with Crippen LogP contribution in [-0.4, -0.2) is 10.2 Å². The van der Waals surface area contributed by atoms with Gasteiger partial charge in [0.15, 0.2) is 0 Å². The zero-order valence-electron chi connectivity index (χ0n) is 5.71. The van der Waals surface area contributed by atoms with Crippen LogP contribution in [0.3, 0.4) is 0 Å². The molecule has 0 unspecified atom stereocenters. The lowest BCUT2D eigenvalue weighted by Gasteiger charge is -1.96. The van der Waals surface area contributed by atoms with Gasteiger partial charge in [0.25, 0.3) is 5.24 Å². The predicted octanol–water partition coefficient (Wildman–Crippen LogP) is 1.99. The van der Waals surface area contributed by atoms with Gasteiger partial charge in [0.1, 0.15) is 11.2 Å². The van der Waals surface area contributed by atoms with Gasteiger partial charge in [-0.3, -0.25) is 4.79 Å². The molecule has 5 heteroatoms. The number of carbonyl (C=O) groups is 1. The molecule has 0 aromatic carbocycles. The number of pyridine rings is 1. The number of carbonyl (C=O) groups excluding carboxylic acids is 1. The second-order valence-corrected chi connectivity index (χ2v) is 2.67. The standard InChI is InChI=1S/C7H2Cl2N2O/c8-6-1-5(7(9)12)4(2-10)3-11-6/h1,3H. The van der Waals surface area contributed by atoms with Crippen molar-refractivity contribution >= 4 is 28.4 Å². The first-order chi connectivity index (χ1) is 5.65. The predicted molar refractivity (Wildman–Crippen MR) is 44.1 cm³/mol. The number of nitrogens with zero attached hydrogens (tertiary/aromatic N) is 2. The molecule has 0 aliphatic heterocycles. The van der Waals surface area contributed by atoms with Crippen molar-refractivity contribution < 1.29 is 4.79 Å². The van der Waals surface area contributed by atoms with Gasteiger partial charge in [-0.1, -0.05) is 11.6 Å². The minimum atomic E-state index is -0.712. The third kappa shape index (κ3) is 1.73. The Bertz CT molecular complexity index is 370. The minimum absolute atomic E-state index is 0.0826. The van der Waals surface area contributed by atoms with Crippen LogP contribution in [0.15, 0.2) is 12.3 Å². The van der Waals surface area contributed by atoms with Crippen molar-refractivity contribution in [3.05, 3.63) is 28.5 Å². The fraction of sp³-hybridized carbons (Fsp3) is 0. The summed E-state index contributed by atoms with van der Waals surface area (Å²) >= 11 is 10.7. The van der Waals surface area contributed by atoms with E-state index in [-0.39, 0.29) is 16.3 Å². The molecule has 0 fully saturated rings. The fourth-order valence-electron chi connectivity index (χ4n) is 0.682. The van der Waals surface area contributed by atoms with Gasteiger partial charge in [-0.25, -0.2) is 4.98 Å². The highest BCUT2D eigenvalue weighted by atomic mass is 35.5. The molecule has 1 rings (SSSR count). The van der Waals surface area contributed by atoms with Crippen molar-refractivity contribution in [1.29, 1.82) is 5.26 Å². The summed E-state index contributed by atoms with van der Waals surface area (Å²) in [6, 6.07) is 3.04. The Kier molecular flexibility index (Phi) is 2.64. The highest BCUT2D eigenvalue weighted by Crippen LogP contribution is 2.14. The molecule has 0 saturated heterocycles. The Morgan fingerprint density at radius 3 is 2.83 bits per heavy atom. The van der Waals surface area contributed by atoms with Gasteiger partial charge in [0, 0.05) is 6.20 Å². The Balaban J connectivity index is 3.34. The molecular weight excluding hydrogens is 199 g/mol. The van der Waals surface area contributed by atoms with E-state index in [4.69, 9.17) is 28.5 Å². The molecule has 60 valence electrons. The van der Waals surface area contributed by atoms with E-state index in [2.05, 4.69) is 4.98 Å². The number of rotatable bonds is 1. The zero-order chi connectivity index (χ0) is 9.14. The molecule has 0 N–H and O–H groups in total. The summed E-state index contributed by atoms with van der Waals surface area (Å²) in [6.07, 6.45) is 1.21. The van der Waals surface area contributed by atoms with Crippen LogP contribution >= 0.6 is 23.2 Å². The maximum absolute atomic E-state index is 10.7. The lowest BCUT2D eigenvalue weighted by atomic mass is 10.2. The van der Waals surface area contributed by atoms with Crippen LogP contribution < -0.4 is 0 Å². The van der Waals surface area contributed by atoms with Crippen LogP contribution in [0, 0.1) is 11.3 Å². The van der Waals surface area contributed by atoms with E-state index in [1.165, 1.54) is 12.3 Å². The molecule has 0 atom stereocenters. The second-order valence-electron chi connectivity index (χ2n) is 1.94. The molecule has 0 saturated carbocycles. The van der Waals surface area contributed by atoms with Crippen molar-refractivity contribution in [2.75, 3.05) is 0 Å². The molecule has 0 bridgehead atoms. The number of hydrogen-bond acceptors (Lipinski definition) is 3. The van der Waals surface area contributed by atoms with Gasteiger partial charge in [0.2, 0.25) is 0 Å². The van der Waals surface area contributed by atoms with Crippen molar-refractivity contribution in [3.63, 3.8) is 0 Å². The largest absolute Gasteiger partial charge is 0.276 e. The Hall–Kier alpha value is -1.11. The number of aromatic nitrogens is 1. The molecule has 1 aromatic rings. The fourth-order valence-corrected chi connectivity index (χ4v) is 0.996. The molecule has 0 aliphatic rings. The van der Waals surface area contributed by atoms with Gasteiger partial charge < -0.3 is 0 Å². The van der Waals surface area contributed by atoms with E-state index >= 15 is 0 Å². The van der Waals surface area contributed by atoms with E-state index in [9.17, 15) is 4.79 Å². The molecule has 0 aliphatic carbocycles. The van der Waals surface area contributed by atoms with E-state index in [0.29, 0.717) is 0 Å². The van der Waals surface area contributed by atoms with Crippen molar-refractivity contribution in [2.24, 2.45) is 0 Å². The first-order valence-electron chi connectivity index (χ1n) is 2.90. The molecule has 1 aromatic heterocycles. The molecule has 0 spiro atoms. The Morgan fingerprint density at radius 1 is 1.67 bits per heavy atom. The highest BCUT2D eigenvalue weighted by molar-refractivity contribution is 6.68. The Morgan fingerprint density at radius 2 is 2.33 bits per heavy atom. The lowest BCUT2D eigenvalue weighted by Crippen LogP contribution is -1.95. The van der Waals surface area contributed by atoms with Crippen LogP contribution in [0.25, 0.3) is 0 Å². The topological polar surface area (TPSA) is 53.8 Å². The number of hydrogen-bond donors (Lipinski definition) is 0. The van der Waals surface area contributed by atoms with Crippen LogP contribution in [0.4, 0.5) is 0 Å². The molecular formula is C7H2Cl2N2O. The molecule has 0 radical (unpaired) electrons. The normalized spacial score (nSPS) is 9.08. The number of nitriles is 1. The first-order valence-corrected chi connectivity index (χ1v) is 3.66. The molecule has 1 heterocycles. The zero-order valence-corrected chi connectivity index (χ0v) is 7.23. The number of halogens is 2. The van der Waals surface area contributed by atoms with Gasteiger partial charge in [0.05, 0.1) is 11.1 Å². The summed E-state index contributed by atoms with van der Waals surface area (Å²) in [6.45, 7) is 0. The third-order valence-corrected chi connectivity index (χ3v) is 1.61. The van der Waals surface area contributed by atoms with E-state index < -0.39 is 5.24 Å². The van der Waals surface area contributed by atoms with Gasteiger partial charge >= 0.3 is 0 Å². The first kappa shape index (κ1) is 8.98. The van der Waals surface area contributed by atoms with Crippen LogP contribution in [0.2, 0.25) is 5.15 Å². The summed E-state index contributed by atoms with van der Waals surface area (Å²) in [4.78, 5) is 14.3. The average Bonchev–Trinajstić information content (AvgIpc) is 2.04. The van der Waals surface area contributed by atoms with Crippen LogP contribution in [0.5, 0.6) is 0 Å². The van der Waals surface area contributed by atoms with E-state index in [1.54, 1.807) is 6.07 Å². The Labute approximate surface area is 78.5 Å².